The Bertz CT molecular complexity index is 594. The molecule has 1 atom stereocenters. The van der Waals surface area contributed by atoms with Gasteiger partial charge in [0.25, 0.3) is 0 Å². The highest BCUT2D eigenvalue weighted by atomic mass is 16.5. The number of hydrogen-bond donors (Lipinski definition) is 1. The second-order valence-corrected chi connectivity index (χ2v) is 5.46. The van der Waals surface area contributed by atoms with Crippen molar-refractivity contribution in [1.29, 1.82) is 0 Å². The van der Waals surface area contributed by atoms with Gasteiger partial charge in [-0.15, -0.1) is 0 Å². The Morgan fingerprint density at radius 3 is 3.10 bits per heavy atom. The number of aromatic nitrogens is 1. The van der Waals surface area contributed by atoms with Crippen molar-refractivity contribution in [3.63, 3.8) is 0 Å². The van der Waals surface area contributed by atoms with E-state index in [4.69, 9.17) is 9.47 Å². The van der Waals surface area contributed by atoms with Gasteiger partial charge in [-0.05, 0) is 30.5 Å². The Kier molecular flexibility index (Phi) is 4.68. The molecule has 0 spiro atoms. The molecule has 0 aliphatic carbocycles. The van der Waals surface area contributed by atoms with Crippen LogP contribution in [0.4, 0.5) is 0 Å². The molecule has 1 saturated heterocycles. The van der Waals surface area contributed by atoms with E-state index >= 15 is 0 Å². The van der Waals surface area contributed by atoms with Crippen molar-refractivity contribution >= 4 is 10.8 Å². The molecule has 0 radical (unpaired) electrons. The van der Waals surface area contributed by atoms with Crippen LogP contribution in [0.1, 0.15) is 19.0 Å². The van der Waals surface area contributed by atoms with Gasteiger partial charge in [0.2, 0.25) is 5.88 Å². The van der Waals surface area contributed by atoms with Gasteiger partial charge in [-0.3, -0.25) is 0 Å². The van der Waals surface area contributed by atoms with Crippen LogP contribution < -0.4 is 10.1 Å². The first-order chi connectivity index (χ1) is 10.4. The summed E-state index contributed by atoms with van der Waals surface area (Å²) in [5, 5.41) is 5.57. The third-order valence-electron chi connectivity index (χ3n) is 3.79. The molecule has 0 saturated carbocycles. The molecule has 1 aliphatic heterocycles. The van der Waals surface area contributed by atoms with Gasteiger partial charge in [-0.2, -0.15) is 0 Å². The third kappa shape index (κ3) is 3.52. The summed E-state index contributed by atoms with van der Waals surface area (Å²) in [7, 11) is 0. The van der Waals surface area contributed by atoms with Crippen molar-refractivity contribution in [1.82, 2.24) is 10.3 Å². The molecule has 1 fully saturated rings. The van der Waals surface area contributed by atoms with Crippen molar-refractivity contribution in [2.24, 2.45) is 5.92 Å². The molecule has 1 unspecified atom stereocenters. The van der Waals surface area contributed by atoms with Crippen LogP contribution in [-0.2, 0) is 11.3 Å². The summed E-state index contributed by atoms with van der Waals surface area (Å²) in [5.41, 5.74) is 1.02. The fourth-order valence-electron chi connectivity index (χ4n) is 2.59. The first-order valence-corrected chi connectivity index (χ1v) is 7.66. The summed E-state index contributed by atoms with van der Waals surface area (Å²) in [6.45, 7) is 6.13. The van der Waals surface area contributed by atoms with Gasteiger partial charge in [0.1, 0.15) is 0 Å². The predicted molar refractivity (Wildman–Crippen MR) is 83.5 cm³/mol. The van der Waals surface area contributed by atoms with Gasteiger partial charge >= 0.3 is 0 Å². The first kappa shape index (κ1) is 14.3. The van der Waals surface area contributed by atoms with Gasteiger partial charge in [-0.25, -0.2) is 4.98 Å². The smallest absolute Gasteiger partial charge is 0.221 e. The molecule has 4 nitrogen and oxygen atoms in total. The maximum absolute atomic E-state index is 6.00. The maximum Gasteiger partial charge on any atom is 0.221 e. The summed E-state index contributed by atoms with van der Waals surface area (Å²) in [6.07, 6.45) is 1.08. The zero-order valence-corrected chi connectivity index (χ0v) is 12.5. The highest BCUT2D eigenvalue weighted by molar-refractivity contribution is 5.87. The van der Waals surface area contributed by atoms with Crippen LogP contribution in [0.5, 0.6) is 5.88 Å². The molecule has 1 aliphatic rings. The monoisotopic (exact) mass is 286 g/mol. The Hall–Kier alpha value is -1.65. The van der Waals surface area contributed by atoms with E-state index in [-0.39, 0.29) is 0 Å². The lowest BCUT2D eigenvalue weighted by Gasteiger charge is -2.13. The van der Waals surface area contributed by atoms with E-state index in [0.717, 1.165) is 49.7 Å². The molecule has 112 valence electrons. The summed E-state index contributed by atoms with van der Waals surface area (Å²) < 4.78 is 11.4. The Balaban J connectivity index is 1.82. The van der Waals surface area contributed by atoms with Gasteiger partial charge in [0.05, 0.1) is 18.9 Å². The number of pyridine rings is 1. The molecule has 4 heteroatoms. The van der Waals surface area contributed by atoms with E-state index in [9.17, 15) is 0 Å². The highest BCUT2D eigenvalue weighted by Crippen LogP contribution is 2.25. The van der Waals surface area contributed by atoms with Crippen molar-refractivity contribution < 1.29 is 9.47 Å². The van der Waals surface area contributed by atoms with Crippen LogP contribution in [0, 0.1) is 5.92 Å². The lowest BCUT2D eigenvalue weighted by Crippen LogP contribution is -2.15. The fourth-order valence-corrected chi connectivity index (χ4v) is 2.59. The minimum Gasteiger partial charge on any atom is -0.477 e. The minimum absolute atomic E-state index is 0.489. The van der Waals surface area contributed by atoms with Crippen molar-refractivity contribution in [3.05, 3.63) is 36.0 Å². The molecular formula is C17H22N2O2. The van der Waals surface area contributed by atoms with Crippen molar-refractivity contribution in [2.75, 3.05) is 26.4 Å². The van der Waals surface area contributed by atoms with Crippen LogP contribution in [0.15, 0.2) is 30.3 Å². The number of nitrogens with one attached hydrogen (secondary N) is 1. The Morgan fingerprint density at radius 2 is 2.29 bits per heavy atom. The van der Waals surface area contributed by atoms with Gasteiger partial charge in [-0.1, -0.05) is 25.1 Å². The number of nitrogens with zero attached hydrogens (tertiary/aromatic N) is 1. The number of ether oxygens (including phenoxy) is 2. The van der Waals surface area contributed by atoms with Gasteiger partial charge in [0.15, 0.2) is 0 Å². The van der Waals surface area contributed by atoms with Crippen LogP contribution >= 0.6 is 0 Å². The third-order valence-corrected chi connectivity index (χ3v) is 3.79. The summed E-state index contributed by atoms with van der Waals surface area (Å²) in [4.78, 5) is 4.67. The van der Waals surface area contributed by atoms with E-state index in [1.54, 1.807) is 0 Å². The predicted octanol–water partition coefficient (Wildman–Crippen LogP) is 2.76. The molecule has 1 aromatic carbocycles. The summed E-state index contributed by atoms with van der Waals surface area (Å²) in [6, 6.07) is 10.4. The molecule has 2 heterocycles. The molecule has 21 heavy (non-hydrogen) atoms. The van der Waals surface area contributed by atoms with E-state index in [2.05, 4.69) is 35.4 Å². The first-order valence-electron chi connectivity index (χ1n) is 7.66. The topological polar surface area (TPSA) is 43.4 Å². The second kappa shape index (κ2) is 6.87. The average Bonchev–Trinajstić information content (AvgIpc) is 3.04. The van der Waals surface area contributed by atoms with E-state index < -0.39 is 0 Å². The summed E-state index contributed by atoms with van der Waals surface area (Å²) in [5.74, 6) is 1.23. The number of hydrogen-bond acceptors (Lipinski definition) is 4. The van der Waals surface area contributed by atoms with E-state index in [1.807, 2.05) is 12.1 Å². The molecule has 1 aromatic heterocycles. The SMILES string of the molecule is CCNCc1cc2ccccc2c(OCC2CCOC2)n1. The van der Waals surface area contributed by atoms with Crippen molar-refractivity contribution in [3.8, 4) is 5.88 Å². The van der Waals surface area contributed by atoms with Crippen LogP contribution in [0.3, 0.4) is 0 Å². The van der Waals surface area contributed by atoms with Crippen LogP contribution in [0.2, 0.25) is 0 Å². The molecule has 1 N–H and O–H groups in total. The van der Waals surface area contributed by atoms with Gasteiger partial charge in [0, 0.05) is 24.5 Å². The zero-order valence-electron chi connectivity index (χ0n) is 12.5. The lowest BCUT2D eigenvalue weighted by atomic mass is 10.1. The molecule has 3 rings (SSSR count). The Morgan fingerprint density at radius 1 is 1.38 bits per heavy atom. The molecule has 0 bridgehead atoms. The quantitative estimate of drug-likeness (QED) is 0.887. The van der Waals surface area contributed by atoms with Gasteiger partial charge < -0.3 is 14.8 Å². The normalized spacial score (nSPS) is 18.2. The maximum atomic E-state index is 6.00. The zero-order chi connectivity index (χ0) is 14.5. The molecule has 0 amide bonds. The number of fused-ring (bicyclic) bond motifs is 1. The van der Waals surface area contributed by atoms with E-state index in [1.165, 1.54) is 5.39 Å². The second-order valence-electron chi connectivity index (χ2n) is 5.46. The standard InChI is InChI=1S/C17H22N2O2/c1-2-18-10-15-9-14-5-3-4-6-16(14)17(19-15)21-12-13-7-8-20-11-13/h3-6,9,13,18H,2,7-8,10-12H2,1H3. The minimum atomic E-state index is 0.489. The lowest BCUT2D eigenvalue weighted by molar-refractivity contribution is 0.166. The summed E-state index contributed by atoms with van der Waals surface area (Å²) >= 11 is 0. The number of rotatable bonds is 6. The number of benzene rings is 1. The van der Waals surface area contributed by atoms with E-state index in [0.29, 0.717) is 12.5 Å². The molecular weight excluding hydrogens is 264 g/mol. The molecule has 2 aromatic rings. The largest absolute Gasteiger partial charge is 0.477 e. The van der Waals surface area contributed by atoms with Crippen LogP contribution in [-0.4, -0.2) is 31.3 Å². The average molecular weight is 286 g/mol. The Labute approximate surface area is 125 Å². The highest BCUT2D eigenvalue weighted by Gasteiger charge is 2.17. The van der Waals surface area contributed by atoms with Crippen LogP contribution in [0.25, 0.3) is 10.8 Å². The fraction of sp³-hybridized carbons (Fsp3) is 0.471. The van der Waals surface area contributed by atoms with Crippen molar-refractivity contribution in [2.45, 2.75) is 19.9 Å².